The number of anilines is 1. The molecule has 132 valence electrons. The number of hydrogen-bond donors (Lipinski definition) is 0. The molecule has 0 N–H and O–H groups in total. The number of aromatic nitrogens is 1. The Bertz CT molecular complexity index is 991. The van der Waals surface area contributed by atoms with Crippen molar-refractivity contribution in [3.63, 3.8) is 0 Å². The van der Waals surface area contributed by atoms with Gasteiger partial charge in [-0.3, -0.25) is 4.79 Å². The van der Waals surface area contributed by atoms with Crippen molar-refractivity contribution in [3.05, 3.63) is 64.8 Å². The van der Waals surface area contributed by atoms with Gasteiger partial charge in [-0.1, -0.05) is 28.9 Å². The lowest BCUT2D eigenvalue weighted by atomic mass is 10.0. The first-order valence-corrected chi connectivity index (χ1v) is 8.69. The fourth-order valence-corrected chi connectivity index (χ4v) is 3.29. The maximum absolute atomic E-state index is 13.1. The van der Waals surface area contributed by atoms with Crippen LogP contribution in [0.4, 0.5) is 5.69 Å². The Labute approximate surface area is 152 Å². The van der Waals surface area contributed by atoms with Gasteiger partial charge in [0.25, 0.3) is 5.91 Å². The highest BCUT2D eigenvalue weighted by Crippen LogP contribution is 2.39. The molecule has 26 heavy (non-hydrogen) atoms. The molecule has 4 rings (SSSR count). The average molecular weight is 348 g/mol. The van der Waals surface area contributed by atoms with Gasteiger partial charge in [-0.15, -0.1) is 0 Å². The van der Waals surface area contributed by atoms with Crippen LogP contribution < -0.4 is 9.64 Å². The zero-order valence-electron chi connectivity index (χ0n) is 15.1. The number of benzene rings is 2. The van der Waals surface area contributed by atoms with Crippen molar-refractivity contribution < 1.29 is 14.1 Å². The number of rotatable bonds is 3. The van der Waals surface area contributed by atoms with Crippen molar-refractivity contribution in [1.82, 2.24) is 5.16 Å². The summed E-state index contributed by atoms with van der Waals surface area (Å²) >= 11 is 0. The lowest BCUT2D eigenvalue weighted by Crippen LogP contribution is -2.32. The quantitative estimate of drug-likeness (QED) is 0.698. The number of nitrogens with zero attached hydrogens (tertiary/aromatic N) is 2. The first kappa shape index (κ1) is 16.4. The van der Waals surface area contributed by atoms with Gasteiger partial charge in [0.1, 0.15) is 12.4 Å². The zero-order valence-corrected chi connectivity index (χ0v) is 15.1. The monoisotopic (exact) mass is 348 g/mol. The van der Waals surface area contributed by atoms with E-state index >= 15 is 0 Å². The van der Waals surface area contributed by atoms with Crippen molar-refractivity contribution in [2.75, 3.05) is 11.4 Å². The first-order valence-electron chi connectivity index (χ1n) is 8.69. The maximum Gasteiger partial charge on any atom is 0.280 e. The van der Waals surface area contributed by atoms with E-state index in [1.807, 2.05) is 63.2 Å². The highest BCUT2D eigenvalue weighted by atomic mass is 16.5. The summed E-state index contributed by atoms with van der Waals surface area (Å²) in [7, 11) is 0. The van der Waals surface area contributed by atoms with E-state index < -0.39 is 0 Å². The molecule has 0 aliphatic carbocycles. The average Bonchev–Trinajstić information content (AvgIpc) is 3.07. The second-order valence-electron chi connectivity index (χ2n) is 6.52. The molecule has 0 spiro atoms. The van der Waals surface area contributed by atoms with Crippen molar-refractivity contribution in [2.24, 2.45) is 0 Å². The molecule has 0 saturated carbocycles. The zero-order chi connectivity index (χ0) is 18.3. The molecule has 1 amide bonds. The standard InChI is InChI=1S/C21H20N2O3/c1-4-23(15-7-5-6-13(2)10-15)21(24)19-17-12-25-18-9-8-14(3)11-16(18)20(17)26-22-19/h5-11H,4,12H2,1-3H3. The summed E-state index contributed by atoms with van der Waals surface area (Å²) in [5.74, 6) is 1.20. The summed E-state index contributed by atoms with van der Waals surface area (Å²) in [4.78, 5) is 14.9. The minimum atomic E-state index is -0.178. The number of carbonyl (C=O) groups excluding carboxylic acids is 1. The van der Waals surface area contributed by atoms with Crippen LogP contribution in [0.25, 0.3) is 11.3 Å². The Balaban J connectivity index is 1.75. The van der Waals surface area contributed by atoms with Gasteiger partial charge in [-0.05, 0) is 50.6 Å². The lowest BCUT2D eigenvalue weighted by molar-refractivity contribution is 0.0977. The van der Waals surface area contributed by atoms with Crippen LogP contribution in [0.15, 0.2) is 47.0 Å². The number of amides is 1. The van der Waals surface area contributed by atoms with Crippen LogP contribution in [0.5, 0.6) is 5.75 Å². The minimum Gasteiger partial charge on any atom is -0.488 e. The third-order valence-corrected chi connectivity index (χ3v) is 4.62. The van der Waals surface area contributed by atoms with Crippen molar-refractivity contribution in [2.45, 2.75) is 27.4 Å². The predicted octanol–water partition coefficient (Wildman–Crippen LogP) is 4.52. The molecule has 1 aromatic heterocycles. The molecule has 2 heterocycles. The number of hydrogen-bond acceptors (Lipinski definition) is 4. The topological polar surface area (TPSA) is 55.6 Å². The second kappa shape index (κ2) is 6.33. The molecular formula is C21H20N2O3. The van der Waals surface area contributed by atoms with Crippen molar-refractivity contribution in [1.29, 1.82) is 0 Å². The molecule has 1 aliphatic heterocycles. The van der Waals surface area contributed by atoms with Gasteiger partial charge in [0.05, 0.1) is 11.1 Å². The molecule has 5 nitrogen and oxygen atoms in total. The summed E-state index contributed by atoms with van der Waals surface area (Å²) in [6, 6.07) is 13.8. The Morgan fingerprint density at radius 2 is 1.96 bits per heavy atom. The van der Waals surface area contributed by atoms with E-state index in [9.17, 15) is 4.79 Å². The van der Waals surface area contributed by atoms with Gasteiger partial charge in [-0.2, -0.15) is 0 Å². The molecule has 0 fully saturated rings. The van der Waals surface area contributed by atoms with Gasteiger partial charge in [0, 0.05) is 12.2 Å². The molecule has 2 aromatic carbocycles. The Morgan fingerprint density at radius 1 is 1.15 bits per heavy atom. The van der Waals surface area contributed by atoms with E-state index in [1.54, 1.807) is 4.90 Å². The summed E-state index contributed by atoms with van der Waals surface area (Å²) in [5, 5.41) is 4.10. The fraction of sp³-hybridized carbons (Fsp3) is 0.238. The third-order valence-electron chi connectivity index (χ3n) is 4.62. The molecule has 3 aromatic rings. The summed E-state index contributed by atoms with van der Waals surface area (Å²) in [5.41, 5.74) is 4.91. The molecule has 0 radical (unpaired) electrons. The van der Waals surface area contributed by atoms with Crippen LogP contribution in [-0.2, 0) is 6.61 Å². The smallest absolute Gasteiger partial charge is 0.280 e. The number of ether oxygens (including phenoxy) is 1. The van der Waals surface area contributed by atoms with Gasteiger partial charge >= 0.3 is 0 Å². The fourth-order valence-electron chi connectivity index (χ4n) is 3.29. The van der Waals surface area contributed by atoms with Gasteiger partial charge < -0.3 is 14.2 Å². The number of carbonyl (C=O) groups is 1. The highest BCUT2D eigenvalue weighted by molar-refractivity contribution is 6.06. The van der Waals surface area contributed by atoms with E-state index in [-0.39, 0.29) is 12.5 Å². The van der Waals surface area contributed by atoms with Crippen LogP contribution >= 0.6 is 0 Å². The van der Waals surface area contributed by atoms with Crippen LogP contribution in [0.1, 0.15) is 34.1 Å². The Morgan fingerprint density at radius 3 is 2.73 bits per heavy atom. The SMILES string of the molecule is CCN(C(=O)c1noc2c1COc1ccc(C)cc1-2)c1cccc(C)c1. The Kier molecular flexibility index (Phi) is 3.99. The molecular weight excluding hydrogens is 328 g/mol. The first-order chi connectivity index (χ1) is 12.6. The second-order valence-corrected chi connectivity index (χ2v) is 6.52. The van der Waals surface area contributed by atoms with Crippen molar-refractivity contribution >= 4 is 11.6 Å². The van der Waals surface area contributed by atoms with E-state index in [2.05, 4.69) is 5.16 Å². The van der Waals surface area contributed by atoms with Crippen LogP contribution in [0.2, 0.25) is 0 Å². The van der Waals surface area contributed by atoms with Gasteiger partial charge in [0.2, 0.25) is 0 Å². The number of fused-ring (bicyclic) bond motifs is 3. The van der Waals surface area contributed by atoms with Crippen LogP contribution in [0.3, 0.4) is 0 Å². The molecule has 0 atom stereocenters. The lowest BCUT2D eigenvalue weighted by Gasteiger charge is -2.21. The van der Waals surface area contributed by atoms with Gasteiger partial charge in [-0.25, -0.2) is 0 Å². The molecule has 5 heteroatoms. The summed E-state index contributed by atoms with van der Waals surface area (Å²) in [6.45, 7) is 6.78. The normalized spacial score (nSPS) is 12.1. The molecule has 1 aliphatic rings. The van der Waals surface area contributed by atoms with Crippen LogP contribution in [-0.4, -0.2) is 17.6 Å². The molecule has 0 bridgehead atoms. The largest absolute Gasteiger partial charge is 0.488 e. The third kappa shape index (κ3) is 2.65. The highest BCUT2D eigenvalue weighted by Gasteiger charge is 2.31. The summed E-state index contributed by atoms with van der Waals surface area (Å²) < 4.78 is 11.4. The van der Waals surface area contributed by atoms with Gasteiger partial charge in [0.15, 0.2) is 11.5 Å². The predicted molar refractivity (Wildman–Crippen MR) is 99.5 cm³/mol. The Hall–Kier alpha value is -3.08. The summed E-state index contributed by atoms with van der Waals surface area (Å²) in [6.07, 6.45) is 0. The minimum absolute atomic E-state index is 0.178. The molecule has 0 unspecified atom stereocenters. The van der Waals surface area contributed by atoms with Crippen LogP contribution in [0, 0.1) is 13.8 Å². The van der Waals surface area contributed by atoms with E-state index in [0.717, 1.165) is 28.1 Å². The number of aryl methyl sites for hydroxylation is 2. The van der Waals surface area contributed by atoms with E-state index in [4.69, 9.17) is 9.26 Å². The molecule has 0 saturated heterocycles. The van der Waals surface area contributed by atoms with Crippen molar-refractivity contribution in [3.8, 4) is 17.1 Å². The van der Waals surface area contributed by atoms with E-state index in [1.165, 1.54) is 0 Å². The maximum atomic E-state index is 13.1. The van der Waals surface area contributed by atoms with E-state index in [0.29, 0.717) is 23.6 Å².